The largest absolute Gasteiger partial charge is 0.478 e. The molecule has 0 radical (unpaired) electrons. The number of nitrogens with zero attached hydrogens (tertiary/aromatic N) is 2. The van der Waals surface area contributed by atoms with Crippen LogP contribution >= 0.6 is 11.3 Å². The number of aromatic nitrogens is 2. The molecule has 0 fully saturated rings. The molecule has 0 saturated carbocycles. The molecule has 0 aliphatic heterocycles. The number of benzene rings is 1. The van der Waals surface area contributed by atoms with Crippen molar-refractivity contribution in [1.82, 2.24) is 9.78 Å². The summed E-state index contributed by atoms with van der Waals surface area (Å²) in [7, 11) is 0. The van der Waals surface area contributed by atoms with Crippen LogP contribution in [0, 0.1) is 5.82 Å². The summed E-state index contributed by atoms with van der Waals surface area (Å²) in [5.41, 5.74) is 2.08. The molecular weight excluding hydrogens is 291 g/mol. The number of carboxylic acids is 1. The number of aromatic carboxylic acids is 1. The van der Waals surface area contributed by atoms with Gasteiger partial charge in [-0.15, -0.1) is 0 Å². The van der Waals surface area contributed by atoms with Gasteiger partial charge in [0.05, 0.1) is 6.54 Å². The Labute approximate surface area is 124 Å². The van der Waals surface area contributed by atoms with Crippen LogP contribution < -0.4 is 0 Å². The van der Waals surface area contributed by atoms with Gasteiger partial charge in [0.15, 0.2) is 0 Å². The van der Waals surface area contributed by atoms with Gasteiger partial charge in [-0.2, -0.15) is 16.4 Å². The van der Waals surface area contributed by atoms with Gasteiger partial charge < -0.3 is 5.11 Å². The van der Waals surface area contributed by atoms with Crippen molar-refractivity contribution in [1.29, 1.82) is 0 Å². The molecule has 2 heterocycles. The van der Waals surface area contributed by atoms with E-state index in [0.717, 1.165) is 11.1 Å². The summed E-state index contributed by atoms with van der Waals surface area (Å²) >= 11 is 1.48. The molecule has 0 unspecified atom stereocenters. The summed E-state index contributed by atoms with van der Waals surface area (Å²) in [6.07, 6.45) is 1.47. The minimum absolute atomic E-state index is 0.143. The number of carbonyl (C=O) groups is 1. The highest BCUT2D eigenvalue weighted by atomic mass is 32.1. The lowest BCUT2D eigenvalue weighted by Crippen LogP contribution is -2.00. The molecule has 21 heavy (non-hydrogen) atoms. The summed E-state index contributed by atoms with van der Waals surface area (Å²) in [6, 6.07) is 7.99. The molecule has 6 heteroatoms. The predicted octanol–water partition coefficient (Wildman–Crippen LogP) is 3.50. The fourth-order valence-corrected chi connectivity index (χ4v) is 2.73. The van der Waals surface area contributed by atoms with E-state index < -0.39 is 5.97 Å². The molecule has 0 aliphatic carbocycles. The monoisotopic (exact) mass is 302 g/mol. The molecule has 3 rings (SSSR count). The molecule has 0 amide bonds. The fourth-order valence-electron chi connectivity index (χ4n) is 2.09. The van der Waals surface area contributed by atoms with Crippen molar-refractivity contribution in [3.63, 3.8) is 0 Å². The third-order valence-corrected chi connectivity index (χ3v) is 3.70. The Kier molecular flexibility index (Phi) is 3.53. The van der Waals surface area contributed by atoms with E-state index in [1.165, 1.54) is 34.3 Å². The molecule has 1 N–H and O–H groups in total. The number of carboxylic acid groups (broad SMARTS) is 1. The molecule has 0 saturated heterocycles. The van der Waals surface area contributed by atoms with Gasteiger partial charge in [0, 0.05) is 17.1 Å². The van der Waals surface area contributed by atoms with Gasteiger partial charge in [0.2, 0.25) is 0 Å². The number of rotatable bonds is 4. The highest BCUT2D eigenvalue weighted by Crippen LogP contribution is 2.24. The molecule has 0 aliphatic rings. The first-order chi connectivity index (χ1) is 10.1. The van der Waals surface area contributed by atoms with Gasteiger partial charge in [-0.1, -0.05) is 12.1 Å². The Morgan fingerprint density at radius 1 is 1.38 bits per heavy atom. The van der Waals surface area contributed by atoms with Gasteiger partial charge in [-0.05, 0) is 29.1 Å². The van der Waals surface area contributed by atoms with Gasteiger partial charge >= 0.3 is 5.97 Å². The van der Waals surface area contributed by atoms with Crippen molar-refractivity contribution >= 4 is 17.3 Å². The van der Waals surface area contributed by atoms with E-state index in [1.807, 2.05) is 16.8 Å². The third kappa shape index (κ3) is 2.85. The quantitative estimate of drug-likeness (QED) is 0.802. The van der Waals surface area contributed by atoms with E-state index in [9.17, 15) is 14.3 Å². The van der Waals surface area contributed by atoms with Crippen molar-refractivity contribution in [3.8, 4) is 11.3 Å². The Morgan fingerprint density at radius 3 is 2.90 bits per heavy atom. The molecule has 2 aromatic heterocycles. The number of halogens is 1. The second-order valence-electron chi connectivity index (χ2n) is 4.54. The number of thiophene rings is 1. The lowest BCUT2D eigenvalue weighted by atomic mass is 10.1. The number of hydrogen-bond acceptors (Lipinski definition) is 3. The van der Waals surface area contributed by atoms with E-state index in [0.29, 0.717) is 12.2 Å². The maximum atomic E-state index is 13.2. The van der Waals surface area contributed by atoms with Gasteiger partial charge in [-0.3, -0.25) is 4.68 Å². The predicted molar refractivity (Wildman–Crippen MR) is 78.0 cm³/mol. The van der Waals surface area contributed by atoms with E-state index in [4.69, 9.17) is 0 Å². The summed E-state index contributed by atoms with van der Waals surface area (Å²) in [5, 5.41) is 17.3. The number of hydrogen-bond donors (Lipinski definition) is 1. The van der Waals surface area contributed by atoms with E-state index >= 15 is 0 Å². The zero-order valence-corrected chi connectivity index (χ0v) is 11.7. The molecule has 106 valence electrons. The van der Waals surface area contributed by atoms with Gasteiger partial charge in [0.25, 0.3) is 0 Å². The van der Waals surface area contributed by atoms with Crippen LogP contribution in [0.15, 0.2) is 47.3 Å². The van der Waals surface area contributed by atoms with Crippen LogP contribution in [0.3, 0.4) is 0 Å². The van der Waals surface area contributed by atoms with Crippen LogP contribution in [0.25, 0.3) is 11.3 Å². The minimum Gasteiger partial charge on any atom is -0.478 e. The van der Waals surface area contributed by atoms with Crippen LogP contribution in [-0.2, 0) is 6.54 Å². The first kappa shape index (κ1) is 13.5. The maximum absolute atomic E-state index is 13.2. The third-order valence-electron chi connectivity index (χ3n) is 3.02. The SMILES string of the molecule is O=C(O)c1cn(Cc2cccc(F)c2)nc1-c1ccsc1. The molecule has 4 nitrogen and oxygen atoms in total. The molecular formula is C15H11FN2O2S. The topological polar surface area (TPSA) is 55.1 Å². The highest BCUT2D eigenvalue weighted by Gasteiger charge is 2.17. The van der Waals surface area contributed by atoms with Crippen molar-refractivity contribution in [2.24, 2.45) is 0 Å². The molecule has 0 atom stereocenters. The average molecular weight is 302 g/mol. The first-order valence-corrected chi connectivity index (χ1v) is 7.15. The summed E-state index contributed by atoms with van der Waals surface area (Å²) in [4.78, 5) is 11.3. The van der Waals surface area contributed by atoms with Crippen LogP contribution in [0.4, 0.5) is 4.39 Å². The Balaban J connectivity index is 1.97. The normalized spacial score (nSPS) is 10.7. The second-order valence-corrected chi connectivity index (χ2v) is 5.32. The van der Waals surface area contributed by atoms with Crippen LogP contribution in [-0.4, -0.2) is 20.9 Å². The fraction of sp³-hybridized carbons (Fsp3) is 0.0667. The van der Waals surface area contributed by atoms with Crippen molar-refractivity contribution in [2.45, 2.75) is 6.54 Å². The zero-order chi connectivity index (χ0) is 14.8. The lowest BCUT2D eigenvalue weighted by molar-refractivity contribution is 0.0697. The lowest BCUT2D eigenvalue weighted by Gasteiger charge is -2.01. The van der Waals surface area contributed by atoms with Crippen molar-refractivity contribution in [2.75, 3.05) is 0 Å². The molecule has 3 aromatic rings. The summed E-state index contributed by atoms with van der Waals surface area (Å²) in [5.74, 6) is -1.35. The molecule has 0 spiro atoms. The van der Waals surface area contributed by atoms with E-state index in [1.54, 1.807) is 12.1 Å². The average Bonchev–Trinajstić information content (AvgIpc) is 3.06. The Morgan fingerprint density at radius 2 is 2.24 bits per heavy atom. The first-order valence-electron chi connectivity index (χ1n) is 6.21. The Bertz CT molecular complexity index is 781. The smallest absolute Gasteiger partial charge is 0.339 e. The maximum Gasteiger partial charge on any atom is 0.339 e. The minimum atomic E-state index is -1.03. The summed E-state index contributed by atoms with van der Waals surface area (Å²) < 4.78 is 14.7. The van der Waals surface area contributed by atoms with Crippen LogP contribution in [0.2, 0.25) is 0 Å². The van der Waals surface area contributed by atoms with E-state index in [2.05, 4.69) is 5.10 Å². The standard InChI is InChI=1S/C15H11FN2O2S/c16-12-3-1-2-10(6-12)7-18-8-13(15(19)20)14(17-18)11-4-5-21-9-11/h1-6,8-9H,7H2,(H,19,20). The molecule has 1 aromatic carbocycles. The molecule has 0 bridgehead atoms. The van der Waals surface area contributed by atoms with Gasteiger partial charge in [-0.25, -0.2) is 9.18 Å². The zero-order valence-electron chi connectivity index (χ0n) is 10.9. The van der Waals surface area contributed by atoms with Crippen molar-refractivity contribution < 1.29 is 14.3 Å². The highest BCUT2D eigenvalue weighted by molar-refractivity contribution is 7.08. The van der Waals surface area contributed by atoms with Gasteiger partial charge in [0.1, 0.15) is 17.1 Å². The second kappa shape index (κ2) is 5.49. The van der Waals surface area contributed by atoms with E-state index in [-0.39, 0.29) is 11.4 Å². The van der Waals surface area contributed by atoms with Crippen LogP contribution in [0.1, 0.15) is 15.9 Å². The van der Waals surface area contributed by atoms with Crippen LogP contribution in [0.5, 0.6) is 0 Å². The summed E-state index contributed by atoms with van der Waals surface area (Å²) in [6.45, 7) is 0.322. The Hall–Kier alpha value is -2.47. The van der Waals surface area contributed by atoms with Crippen molar-refractivity contribution in [3.05, 3.63) is 64.2 Å².